The molecular formula is C14H10BrClO2. The Morgan fingerprint density at radius 3 is 2.44 bits per heavy atom. The van der Waals surface area contributed by atoms with E-state index < -0.39 is 0 Å². The van der Waals surface area contributed by atoms with Gasteiger partial charge in [0.15, 0.2) is 5.78 Å². The number of methoxy groups -OCH3 is 1. The van der Waals surface area contributed by atoms with Gasteiger partial charge in [-0.1, -0.05) is 27.5 Å². The second-order valence-electron chi connectivity index (χ2n) is 3.68. The minimum absolute atomic E-state index is 0.0928. The third-order valence-corrected chi connectivity index (χ3v) is 3.26. The summed E-state index contributed by atoms with van der Waals surface area (Å²) in [6, 6.07) is 12.1. The van der Waals surface area contributed by atoms with Crippen LogP contribution >= 0.6 is 27.5 Å². The van der Waals surface area contributed by atoms with Crippen molar-refractivity contribution >= 4 is 33.3 Å². The Hall–Kier alpha value is -1.32. The lowest BCUT2D eigenvalue weighted by atomic mass is 10.0. The fourth-order valence-corrected chi connectivity index (χ4v) is 2.10. The summed E-state index contributed by atoms with van der Waals surface area (Å²) in [4.78, 5) is 12.3. The zero-order valence-corrected chi connectivity index (χ0v) is 12.0. The molecule has 0 atom stereocenters. The van der Waals surface area contributed by atoms with E-state index in [0.29, 0.717) is 21.9 Å². The molecule has 0 radical (unpaired) electrons. The lowest BCUT2D eigenvalue weighted by molar-refractivity contribution is 0.103. The Morgan fingerprint density at radius 2 is 1.83 bits per heavy atom. The Morgan fingerprint density at radius 1 is 1.17 bits per heavy atom. The second kappa shape index (κ2) is 5.55. The van der Waals surface area contributed by atoms with Gasteiger partial charge in [0.25, 0.3) is 0 Å². The van der Waals surface area contributed by atoms with Crippen LogP contribution in [0, 0.1) is 0 Å². The van der Waals surface area contributed by atoms with E-state index in [9.17, 15) is 4.79 Å². The van der Waals surface area contributed by atoms with Crippen molar-refractivity contribution in [2.45, 2.75) is 0 Å². The molecule has 2 aromatic rings. The first kappa shape index (κ1) is 13.1. The van der Waals surface area contributed by atoms with Crippen molar-refractivity contribution in [3.63, 3.8) is 0 Å². The molecule has 0 N–H and O–H groups in total. The summed E-state index contributed by atoms with van der Waals surface area (Å²) in [5.74, 6) is 0.461. The quantitative estimate of drug-likeness (QED) is 0.785. The highest BCUT2D eigenvalue weighted by molar-refractivity contribution is 9.10. The van der Waals surface area contributed by atoms with Crippen LogP contribution in [-0.2, 0) is 0 Å². The summed E-state index contributed by atoms with van der Waals surface area (Å²) in [7, 11) is 1.54. The molecule has 0 unspecified atom stereocenters. The maximum Gasteiger partial charge on any atom is 0.196 e. The van der Waals surface area contributed by atoms with E-state index in [2.05, 4.69) is 15.9 Å². The van der Waals surface area contributed by atoms with Gasteiger partial charge in [0, 0.05) is 15.1 Å². The molecule has 0 aliphatic heterocycles. The Balaban J connectivity index is 2.45. The number of hydrogen-bond acceptors (Lipinski definition) is 2. The minimum Gasteiger partial charge on any atom is -0.496 e. The van der Waals surface area contributed by atoms with Gasteiger partial charge in [-0.25, -0.2) is 0 Å². The Kier molecular flexibility index (Phi) is 4.04. The zero-order valence-electron chi connectivity index (χ0n) is 9.61. The number of carbonyl (C=O) groups is 1. The van der Waals surface area contributed by atoms with Gasteiger partial charge in [-0.15, -0.1) is 0 Å². The van der Waals surface area contributed by atoms with Crippen LogP contribution in [0.5, 0.6) is 5.75 Å². The van der Waals surface area contributed by atoms with Gasteiger partial charge in [0.1, 0.15) is 5.75 Å². The van der Waals surface area contributed by atoms with Crippen molar-refractivity contribution in [1.82, 2.24) is 0 Å². The maximum atomic E-state index is 12.3. The zero-order chi connectivity index (χ0) is 13.1. The molecular weight excluding hydrogens is 316 g/mol. The van der Waals surface area contributed by atoms with Crippen LogP contribution in [-0.4, -0.2) is 12.9 Å². The van der Waals surface area contributed by atoms with Gasteiger partial charge < -0.3 is 4.74 Å². The van der Waals surface area contributed by atoms with Crippen LogP contribution in [0.2, 0.25) is 5.02 Å². The average Bonchev–Trinajstić information content (AvgIpc) is 2.39. The number of carbonyl (C=O) groups excluding carboxylic acids is 1. The average molecular weight is 326 g/mol. The van der Waals surface area contributed by atoms with Crippen molar-refractivity contribution in [3.8, 4) is 5.75 Å². The summed E-state index contributed by atoms with van der Waals surface area (Å²) in [5.41, 5.74) is 1.10. The van der Waals surface area contributed by atoms with E-state index in [4.69, 9.17) is 16.3 Å². The molecule has 2 rings (SSSR count). The number of halogens is 2. The molecule has 4 heteroatoms. The number of ether oxygens (including phenoxy) is 1. The first-order valence-electron chi connectivity index (χ1n) is 5.25. The highest BCUT2D eigenvalue weighted by Gasteiger charge is 2.14. The standard InChI is InChI=1S/C14H10BrClO2/c1-18-13-7-4-10(15)8-12(13)14(17)9-2-5-11(16)6-3-9/h2-8H,1H3. The monoisotopic (exact) mass is 324 g/mol. The van der Waals surface area contributed by atoms with E-state index in [1.165, 1.54) is 0 Å². The molecule has 2 aromatic carbocycles. The second-order valence-corrected chi connectivity index (χ2v) is 5.03. The third kappa shape index (κ3) is 2.74. The molecule has 0 aliphatic carbocycles. The molecule has 2 nitrogen and oxygen atoms in total. The van der Waals surface area contributed by atoms with E-state index in [0.717, 1.165) is 4.47 Å². The third-order valence-electron chi connectivity index (χ3n) is 2.51. The number of rotatable bonds is 3. The Labute approximate surface area is 119 Å². The van der Waals surface area contributed by atoms with E-state index in [-0.39, 0.29) is 5.78 Å². The predicted molar refractivity (Wildman–Crippen MR) is 75.6 cm³/mol. The molecule has 0 heterocycles. The van der Waals surface area contributed by atoms with Gasteiger partial charge in [0.2, 0.25) is 0 Å². The van der Waals surface area contributed by atoms with E-state index in [1.54, 1.807) is 43.5 Å². The minimum atomic E-state index is -0.0928. The van der Waals surface area contributed by atoms with Gasteiger partial charge in [-0.2, -0.15) is 0 Å². The largest absolute Gasteiger partial charge is 0.496 e. The lowest BCUT2D eigenvalue weighted by Crippen LogP contribution is -2.03. The lowest BCUT2D eigenvalue weighted by Gasteiger charge is -2.08. The summed E-state index contributed by atoms with van der Waals surface area (Å²) < 4.78 is 6.03. The number of hydrogen-bond donors (Lipinski definition) is 0. The molecule has 0 bridgehead atoms. The Bertz CT molecular complexity index is 579. The number of ketones is 1. The molecule has 0 aromatic heterocycles. The molecule has 0 aliphatic rings. The molecule has 92 valence electrons. The molecule has 18 heavy (non-hydrogen) atoms. The predicted octanol–water partition coefficient (Wildman–Crippen LogP) is 4.34. The van der Waals surface area contributed by atoms with Gasteiger partial charge >= 0.3 is 0 Å². The maximum absolute atomic E-state index is 12.3. The molecule has 0 spiro atoms. The summed E-state index contributed by atoms with van der Waals surface area (Å²) >= 11 is 9.15. The van der Waals surface area contributed by atoms with Crippen LogP contribution in [0.25, 0.3) is 0 Å². The fraction of sp³-hybridized carbons (Fsp3) is 0.0714. The van der Waals surface area contributed by atoms with E-state index in [1.807, 2.05) is 6.07 Å². The summed E-state index contributed by atoms with van der Waals surface area (Å²) in [6.45, 7) is 0. The van der Waals surface area contributed by atoms with E-state index >= 15 is 0 Å². The van der Waals surface area contributed by atoms with Gasteiger partial charge in [-0.05, 0) is 42.5 Å². The first-order valence-corrected chi connectivity index (χ1v) is 6.42. The highest BCUT2D eigenvalue weighted by atomic mass is 79.9. The van der Waals surface area contributed by atoms with Crippen LogP contribution in [0.3, 0.4) is 0 Å². The highest BCUT2D eigenvalue weighted by Crippen LogP contribution is 2.25. The molecule has 0 amide bonds. The van der Waals surface area contributed by atoms with Crippen molar-refractivity contribution in [2.24, 2.45) is 0 Å². The summed E-state index contributed by atoms with van der Waals surface area (Å²) in [5, 5.41) is 0.604. The topological polar surface area (TPSA) is 26.3 Å². The fourth-order valence-electron chi connectivity index (χ4n) is 1.61. The smallest absolute Gasteiger partial charge is 0.196 e. The van der Waals surface area contributed by atoms with Crippen molar-refractivity contribution in [1.29, 1.82) is 0 Å². The van der Waals surface area contributed by atoms with Crippen molar-refractivity contribution in [3.05, 3.63) is 63.1 Å². The molecule has 0 fully saturated rings. The number of benzene rings is 2. The van der Waals surface area contributed by atoms with Crippen molar-refractivity contribution in [2.75, 3.05) is 7.11 Å². The van der Waals surface area contributed by atoms with Crippen LogP contribution in [0.4, 0.5) is 0 Å². The van der Waals surface area contributed by atoms with Gasteiger partial charge in [-0.3, -0.25) is 4.79 Å². The SMILES string of the molecule is COc1ccc(Br)cc1C(=O)c1ccc(Cl)cc1. The van der Waals surface area contributed by atoms with Crippen LogP contribution in [0.1, 0.15) is 15.9 Å². The molecule has 0 saturated heterocycles. The summed E-state index contributed by atoms with van der Waals surface area (Å²) in [6.07, 6.45) is 0. The van der Waals surface area contributed by atoms with Crippen molar-refractivity contribution < 1.29 is 9.53 Å². The molecule has 0 saturated carbocycles. The van der Waals surface area contributed by atoms with Crippen LogP contribution < -0.4 is 4.74 Å². The van der Waals surface area contributed by atoms with Crippen LogP contribution in [0.15, 0.2) is 46.9 Å². The normalized spacial score (nSPS) is 10.2. The van der Waals surface area contributed by atoms with Gasteiger partial charge in [0.05, 0.1) is 12.7 Å². The first-order chi connectivity index (χ1) is 8.61.